The molecule has 1 aromatic carbocycles. The fraction of sp³-hybridized carbons (Fsp3) is 0.500. The van der Waals surface area contributed by atoms with Gasteiger partial charge >= 0.3 is 5.97 Å². The van der Waals surface area contributed by atoms with Crippen LogP contribution in [0.1, 0.15) is 24.5 Å². The van der Waals surface area contributed by atoms with E-state index in [9.17, 15) is 9.18 Å². The van der Waals surface area contributed by atoms with Gasteiger partial charge in [-0.05, 0) is 25.6 Å². The Hall–Kier alpha value is -1.46. The Morgan fingerprint density at radius 2 is 2.21 bits per heavy atom. The number of hydrogen-bond donors (Lipinski definition) is 1. The fourth-order valence-electron chi connectivity index (χ4n) is 1.73. The van der Waals surface area contributed by atoms with Crippen LogP contribution in [0.4, 0.5) is 4.39 Å². The van der Waals surface area contributed by atoms with Crippen molar-refractivity contribution in [3.8, 4) is 0 Å². The highest BCUT2D eigenvalue weighted by Crippen LogP contribution is 2.12. The maximum absolute atomic E-state index is 13.7. The first-order chi connectivity index (χ1) is 9.06. The molecule has 0 aromatic heterocycles. The molecule has 0 amide bonds. The molecule has 0 aliphatic heterocycles. The zero-order chi connectivity index (χ0) is 14.3. The van der Waals surface area contributed by atoms with Crippen LogP contribution in [0, 0.1) is 5.82 Å². The van der Waals surface area contributed by atoms with Gasteiger partial charge in [0.25, 0.3) is 0 Å². The average Bonchev–Trinajstić information content (AvgIpc) is 2.39. The second kappa shape index (κ2) is 7.86. The van der Waals surface area contributed by atoms with Crippen molar-refractivity contribution < 1.29 is 13.9 Å². The van der Waals surface area contributed by atoms with Gasteiger partial charge in [0.15, 0.2) is 0 Å². The Kier molecular flexibility index (Phi) is 6.45. The molecule has 0 spiro atoms. The van der Waals surface area contributed by atoms with E-state index in [-0.39, 0.29) is 11.8 Å². The lowest BCUT2D eigenvalue weighted by Gasteiger charge is -2.16. The maximum atomic E-state index is 13.7. The van der Waals surface area contributed by atoms with Gasteiger partial charge in [-0.2, -0.15) is 0 Å². The van der Waals surface area contributed by atoms with Crippen molar-refractivity contribution in [2.45, 2.75) is 26.4 Å². The largest absolute Gasteiger partial charge is 0.466 e. The fourth-order valence-corrected chi connectivity index (χ4v) is 1.73. The van der Waals surface area contributed by atoms with Crippen molar-refractivity contribution >= 4 is 5.97 Å². The number of esters is 1. The molecule has 5 heteroatoms. The van der Waals surface area contributed by atoms with Crippen molar-refractivity contribution in [1.29, 1.82) is 0 Å². The maximum Gasteiger partial charge on any atom is 0.307 e. The van der Waals surface area contributed by atoms with Crippen molar-refractivity contribution in [1.82, 2.24) is 4.90 Å². The molecular weight excluding hydrogens is 247 g/mol. The Labute approximate surface area is 113 Å². The molecule has 2 N–H and O–H groups in total. The van der Waals surface area contributed by atoms with Crippen LogP contribution in [-0.2, 0) is 22.6 Å². The van der Waals surface area contributed by atoms with Crippen molar-refractivity contribution in [3.63, 3.8) is 0 Å². The monoisotopic (exact) mass is 268 g/mol. The van der Waals surface area contributed by atoms with Gasteiger partial charge in [-0.15, -0.1) is 0 Å². The predicted molar refractivity (Wildman–Crippen MR) is 71.9 cm³/mol. The standard InChI is InChI=1S/C14H21FN2O2/c1-3-19-14(18)6-7-17(2)10-12-5-4-11(9-16)8-13(12)15/h4-5,8H,3,6-7,9-10,16H2,1-2H3. The number of nitrogens with zero attached hydrogens (tertiary/aromatic N) is 1. The number of carbonyl (C=O) groups is 1. The van der Waals surface area contributed by atoms with E-state index in [2.05, 4.69) is 0 Å². The van der Waals surface area contributed by atoms with Crippen LogP contribution in [0.2, 0.25) is 0 Å². The van der Waals surface area contributed by atoms with Gasteiger partial charge in [0, 0.05) is 25.2 Å². The van der Waals surface area contributed by atoms with Gasteiger partial charge in [-0.3, -0.25) is 4.79 Å². The van der Waals surface area contributed by atoms with Crippen LogP contribution in [0.5, 0.6) is 0 Å². The molecule has 0 fully saturated rings. The number of halogens is 1. The van der Waals surface area contributed by atoms with E-state index in [4.69, 9.17) is 10.5 Å². The van der Waals surface area contributed by atoms with Crippen LogP contribution in [0.25, 0.3) is 0 Å². The van der Waals surface area contributed by atoms with E-state index >= 15 is 0 Å². The molecule has 106 valence electrons. The van der Waals surface area contributed by atoms with Gasteiger partial charge < -0.3 is 15.4 Å². The molecule has 0 atom stereocenters. The minimum atomic E-state index is -0.258. The molecule has 0 saturated carbocycles. The highest BCUT2D eigenvalue weighted by Gasteiger charge is 2.09. The highest BCUT2D eigenvalue weighted by atomic mass is 19.1. The molecule has 1 aromatic rings. The third-order valence-corrected chi connectivity index (χ3v) is 2.80. The smallest absolute Gasteiger partial charge is 0.307 e. The zero-order valence-electron chi connectivity index (χ0n) is 11.5. The van der Waals surface area contributed by atoms with E-state index in [1.54, 1.807) is 13.0 Å². The predicted octanol–water partition coefficient (Wildman–Crippen LogP) is 1.67. The number of ether oxygens (including phenoxy) is 1. The number of rotatable bonds is 7. The van der Waals surface area contributed by atoms with E-state index in [1.807, 2.05) is 18.0 Å². The van der Waals surface area contributed by atoms with Gasteiger partial charge in [0.1, 0.15) is 5.82 Å². The van der Waals surface area contributed by atoms with Crippen LogP contribution in [0.3, 0.4) is 0 Å². The summed E-state index contributed by atoms with van der Waals surface area (Å²) in [4.78, 5) is 13.1. The molecule has 1 rings (SSSR count). The molecule has 0 saturated heterocycles. The summed E-state index contributed by atoms with van der Waals surface area (Å²) in [7, 11) is 1.84. The Balaban J connectivity index is 2.48. The molecule has 0 unspecified atom stereocenters. The topological polar surface area (TPSA) is 55.6 Å². The third kappa shape index (κ3) is 5.36. The number of benzene rings is 1. The van der Waals surface area contributed by atoms with Crippen molar-refractivity contribution in [2.24, 2.45) is 5.73 Å². The first kappa shape index (κ1) is 15.6. The third-order valence-electron chi connectivity index (χ3n) is 2.80. The summed E-state index contributed by atoms with van der Waals surface area (Å²) >= 11 is 0. The lowest BCUT2D eigenvalue weighted by Crippen LogP contribution is -2.22. The molecular formula is C14H21FN2O2. The summed E-state index contributed by atoms with van der Waals surface area (Å²) in [6.45, 7) is 3.48. The Morgan fingerprint density at radius 1 is 1.47 bits per heavy atom. The lowest BCUT2D eigenvalue weighted by molar-refractivity contribution is -0.143. The Bertz CT molecular complexity index is 424. The summed E-state index contributed by atoms with van der Waals surface area (Å²) in [6.07, 6.45) is 0.312. The lowest BCUT2D eigenvalue weighted by atomic mass is 10.1. The van der Waals surface area contributed by atoms with E-state index < -0.39 is 0 Å². The van der Waals surface area contributed by atoms with E-state index in [1.165, 1.54) is 6.07 Å². The molecule has 4 nitrogen and oxygen atoms in total. The summed E-state index contributed by atoms with van der Waals surface area (Å²) < 4.78 is 18.6. The van der Waals surface area contributed by atoms with E-state index in [0.717, 1.165) is 5.56 Å². The van der Waals surface area contributed by atoms with Crippen molar-refractivity contribution in [3.05, 3.63) is 35.1 Å². The summed E-state index contributed by atoms with van der Waals surface area (Å²) in [5, 5.41) is 0. The molecule has 0 aliphatic carbocycles. The van der Waals surface area contributed by atoms with Crippen LogP contribution < -0.4 is 5.73 Å². The van der Waals surface area contributed by atoms with Crippen LogP contribution in [-0.4, -0.2) is 31.1 Å². The van der Waals surface area contributed by atoms with Gasteiger partial charge in [-0.25, -0.2) is 4.39 Å². The normalized spacial score (nSPS) is 10.8. The minimum absolute atomic E-state index is 0.228. The van der Waals surface area contributed by atoms with Gasteiger partial charge in [0.05, 0.1) is 13.0 Å². The molecule has 19 heavy (non-hydrogen) atoms. The van der Waals surface area contributed by atoms with E-state index in [0.29, 0.717) is 38.2 Å². The van der Waals surface area contributed by atoms with Crippen LogP contribution in [0.15, 0.2) is 18.2 Å². The number of hydrogen-bond acceptors (Lipinski definition) is 4. The molecule has 0 aliphatic rings. The van der Waals surface area contributed by atoms with Gasteiger partial charge in [-0.1, -0.05) is 12.1 Å². The number of nitrogens with two attached hydrogens (primary N) is 1. The summed E-state index contributed by atoms with van der Waals surface area (Å²) in [5.41, 5.74) is 6.83. The first-order valence-electron chi connectivity index (χ1n) is 6.38. The summed E-state index contributed by atoms with van der Waals surface area (Å²) in [5.74, 6) is -0.487. The SMILES string of the molecule is CCOC(=O)CCN(C)Cc1ccc(CN)cc1F. The summed E-state index contributed by atoms with van der Waals surface area (Å²) in [6, 6.07) is 5.00. The van der Waals surface area contributed by atoms with Crippen molar-refractivity contribution in [2.75, 3.05) is 20.2 Å². The second-order valence-electron chi connectivity index (χ2n) is 4.42. The molecule has 0 bridgehead atoms. The number of carbonyl (C=O) groups excluding carboxylic acids is 1. The zero-order valence-corrected chi connectivity index (χ0v) is 11.5. The quantitative estimate of drug-likeness (QED) is 0.764. The van der Waals surface area contributed by atoms with Gasteiger partial charge in [0.2, 0.25) is 0 Å². The second-order valence-corrected chi connectivity index (χ2v) is 4.42. The average molecular weight is 268 g/mol. The minimum Gasteiger partial charge on any atom is -0.466 e. The molecule has 0 radical (unpaired) electrons. The van der Waals surface area contributed by atoms with Crippen LogP contribution >= 0.6 is 0 Å². The Morgan fingerprint density at radius 3 is 2.79 bits per heavy atom. The highest BCUT2D eigenvalue weighted by molar-refractivity contribution is 5.69. The molecule has 0 heterocycles. The first-order valence-corrected chi connectivity index (χ1v) is 6.38.